The highest BCUT2D eigenvalue weighted by atomic mass is 16.5. The van der Waals surface area contributed by atoms with E-state index in [2.05, 4.69) is 13.5 Å². The predicted octanol–water partition coefficient (Wildman–Crippen LogP) is 4.74. The molecule has 0 saturated heterocycles. The van der Waals surface area contributed by atoms with E-state index in [4.69, 9.17) is 4.74 Å². The van der Waals surface area contributed by atoms with E-state index in [9.17, 15) is 9.59 Å². The van der Waals surface area contributed by atoms with Crippen molar-refractivity contribution in [1.29, 1.82) is 0 Å². The zero-order chi connectivity index (χ0) is 18.2. The maximum absolute atomic E-state index is 12.6. The van der Waals surface area contributed by atoms with Crippen molar-refractivity contribution < 1.29 is 14.3 Å². The molecular formula is C22H26O3. The molecule has 1 fully saturated rings. The fourth-order valence-corrected chi connectivity index (χ4v) is 4.63. The molecule has 3 heteroatoms. The zero-order valence-corrected chi connectivity index (χ0v) is 15.2. The summed E-state index contributed by atoms with van der Waals surface area (Å²) >= 11 is 0. The van der Waals surface area contributed by atoms with E-state index in [0.717, 1.165) is 24.0 Å². The van der Waals surface area contributed by atoms with Gasteiger partial charge in [-0.1, -0.05) is 42.8 Å². The molecule has 1 spiro atoms. The van der Waals surface area contributed by atoms with Crippen molar-refractivity contribution in [3.8, 4) is 0 Å². The summed E-state index contributed by atoms with van der Waals surface area (Å²) in [6, 6.07) is 9.11. The van der Waals surface area contributed by atoms with Crippen molar-refractivity contribution in [2.24, 2.45) is 17.3 Å². The molecule has 3 nitrogen and oxygen atoms in total. The Kier molecular flexibility index (Phi) is 4.68. The molecular weight excluding hydrogens is 312 g/mol. The molecule has 1 aromatic rings. The fourth-order valence-electron chi connectivity index (χ4n) is 4.63. The van der Waals surface area contributed by atoms with E-state index in [1.807, 2.05) is 32.0 Å². The number of hydrogen-bond acceptors (Lipinski definition) is 3. The van der Waals surface area contributed by atoms with Crippen LogP contribution >= 0.6 is 0 Å². The molecule has 1 saturated carbocycles. The first-order valence-electron chi connectivity index (χ1n) is 8.97. The van der Waals surface area contributed by atoms with Crippen molar-refractivity contribution in [2.75, 3.05) is 0 Å². The first-order valence-corrected chi connectivity index (χ1v) is 8.97. The summed E-state index contributed by atoms with van der Waals surface area (Å²) in [4.78, 5) is 24.6. The van der Waals surface area contributed by atoms with Crippen LogP contribution in [0.25, 0.3) is 0 Å². The number of carbonyl (C=O) groups is 2. The molecule has 2 aliphatic carbocycles. The van der Waals surface area contributed by atoms with Crippen LogP contribution < -0.4 is 0 Å². The minimum absolute atomic E-state index is 0.155. The number of rotatable bonds is 3. The summed E-state index contributed by atoms with van der Waals surface area (Å²) in [6.07, 6.45) is 3.72. The second-order valence-electron chi connectivity index (χ2n) is 7.68. The van der Waals surface area contributed by atoms with Gasteiger partial charge in [0.1, 0.15) is 6.10 Å². The van der Waals surface area contributed by atoms with Crippen LogP contribution in [0.15, 0.2) is 54.1 Å². The van der Waals surface area contributed by atoms with Crippen LogP contribution in [-0.2, 0) is 9.53 Å². The van der Waals surface area contributed by atoms with E-state index < -0.39 is 0 Å². The number of benzene rings is 1. The normalized spacial score (nSPS) is 31.7. The van der Waals surface area contributed by atoms with Gasteiger partial charge >= 0.3 is 5.97 Å². The Balaban J connectivity index is 1.94. The van der Waals surface area contributed by atoms with E-state index >= 15 is 0 Å². The Bertz CT molecular complexity index is 731. The molecule has 4 atom stereocenters. The lowest BCUT2D eigenvalue weighted by atomic mass is 9.63. The van der Waals surface area contributed by atoms with Gasteiger partial charge in [0, 0.05) is 11.8 Å². The zero-order valence-electron chi connectivity index (χ0n) is 15.2. The van der Waals surface area contributed by atoms with Crippen LogP contribution in [0.5, 0.6) is 0 Å². The van der Waals surface area contributed by atoms with Crippen molar-refractivity contribution >= 4 is 11.8 Å². The maximum Gasteiger partial charge on any atom is 0.338 e. The van der Waals surface area contributed by atoms with Gasteiger partial charge in [-0.2, -0.15) is 0 Å². The van der Waals surface area contributed by atoms with Crippen molar-refractivity contribution in [3.05, 3.63) is 59.7 Å². The lowest BCUT2D eigenvalue weighted by Crippen LogP contribution is -2.43. The van der Waals surface area contributed by atoms with Crippen LogP contribution in [0.4, 0.5) is 0 Å². The topological polar surface area (TPSA) is 43.4 Å². The summed E-state index contributed by atoms with van der Waals surface area (Å²) in [7, 11) is 0. The molecule has 0 N–H and O–H groups in total. The summed E-state index contributed by atoms with van der Waals surface area (Å²) in [5.41, 5.74) is 2.47. The third-order valence-electron chi connectivity index (χ3n) is 6.11. The highest BCUT2D eigenvalue weighted by molar-refractivity contribution is 5.92. The Morgan fingerprint density at radius 2 is 1.96 bits per heavy atom. The Hall–Kier alpha value is -2.16. The second kappa shape index (κ2) is 6.62. The number of hydrogen-bond donors (Lipinski definition) is 0. The van der Waals surface area contributed by atoms with Gasteiger partial charge in [0.25, 0.3) is 0 Å². The Morgan fingerprint density at radius 1 is 1.28 bits per heavy atom. The lowest BCUT2D eigenvalue weighted by Gasteiger charge is -2.43. The molecule has 1 unspecified atom stereocenters. The molecule has 0 heterocycles. The largest absolute Gasteiger partial charge is 0.458 e. The number of esters is 1. The molecule has 0 amide bonds. The number of carbonyl (C=O) groups excluding carboxylic acids is 2. The van der Waals surface area contributed by atoms with Gasteiger partial charge in [-0.05, 0) is 56.7 Å². The quantitative estimate of drug-likeness (QED) is 0.590. The molecule has 25 heavy (non-hydrogen) atoms. The third-order valence-corrected chi connectivity index (χ3v) is 6.11. The van der Waals surface area contributed by atoms with E-state index in [1.54, 1.807) is 18.2 Å². The number of ether oxygens (including phenoxy) is 1. The predicted molar refractivity (Wildman–Crippen MR) is 98.2 cm³/mol. The van der Waals surface area contributed by atoms with Gasteiger partial charge < -0.3 is 4.74 Å². The molecule has 1 aromatic carbocycles. The summed E-state index contributed by atoms with van der Waals surface area (Å²) in [6.45, 7) is 10.3. The molecule has 132 valence electrons. The Labute approximate surface area is 149 Å². The summed E-state index contributed by atoms with van der Waals surface area (Å²) in [5.74, 6) is 0.349. The Morgan fingerprint density at radius 3 is 2.56 bits per heavy atom. The van der Waals surface area contributed by atoms with Gasteiger partial charge in [-0.3, -0.25) is 4.79 Å². The highest BCUT2D eigenvalue weighted by Gasteiger charge is 2.55. The SMILES string of the molecule is C=C(C)[C@@H]1C[C@@H](OC(=O)c2ccccc2)[C@@]2(C1)C(C)=CC(=O)CC2C. The van der Waals surface area contributed by atoms with Crippen LogP contribution in [0.2, 0.25) is 0 Å². The lowest BCUT2D eigenvalue weighted by molar-refractivity contribution is -0.118. The van der Waals surface area contributed by atoms with Crippen LogP contribution in [0.3, 0.4) is 0 Å². The first kappa shape index (κ1) is 17.7. The van der Waals surface area contributed by atoms with E-state index in [1.165, 1.54) is 0 Å². The monoisotopic (exact) mass is 338 g/mol. The fraction of sp³-hybridized carbons (Fsp3) is 0.455. The van der Waals surface area contributed by atoms with Gasteiger partial charge in [0.2, 0.25) is 0 Å². The minimum Gasteiger partial charge on any atom is -0.458 e. The second-order valence-corrected chi connectivity index (χ2v) is 7.68. The summed E-state index contributed by atoms with van der Waals surface area (Å²) in [5, 5.41) is 0. The van der Waals surface area contributed by atoms with Gasteiger partial charge in [0.05, 0.1) is 5.56 Å². The van der Waals surface area contributed by atoms with E-state index in [-0.39, 0.29) is 29.2 Å². The van der Waals surface area contributed by atoms with Crippen molar-refractivity contribution in [2.45, 2.75) is 46.1 Å². The molecule has 2 aliphatic rings. The van der Waals surface area contributed by atoms with Crippen molar-refractivity contribution in [1.82, 2.24) is 0 Å². The van der Waals surface area contributed by atoms with Gasteiger partial charge in [-0.25, -0.2) is 4.79 Å². The minimum atomic E-state index is -0.288. The highest BCUT2D eigenvalue weighted by Crippen LogP contribution is 2.57. The smallest absolute Gasteiger partial charge is 0.338 e. The van der Waals surface area contributed by atoms with Crippen LogP contribution in [0, 0.1) is 17.3 Å². The average Bonchev–Trinajstić information content (AvgIpc) is 2.94. The maximum atomic E-state index is 12.6. The first-order chi connectivity index (χ1) is 11.8. The molecule has 0 bridgehead atoms. The average molecular weight is 338 g/mol. The summed E-state index contributed by atoms with van der Waals surface area (Å²) < 4.78 is 6.02. The van der Waals surface area contributed by atoms with E-state index in [0.29, 0.717) is 17.9 Å². The molecule has 3 rings (SSSR count). The van der Waals surface area contributed by atoms with Gasteiger partial charge in [0.15, 0.2) is 5.78 Å². The molecule has 0 aromatic heterocycles. The molecule has 0 radical (unpaired) electrons. The van der Waals surface area contributed by atoms with Crippen LogP contribution in [0.1, 0.15) is 50.4 Å². The number of ketones is 1. The van der Waals surface area contributed by atoms with Crippen LogP contribution in [-0.4, -0.2) is 17.9 Å². The third kappa shape index (κ3) is 3.08. The van der Waals surface area contributed by atoms with Crippen molar-refractivity contribution in [3.63, 3.8) is 0 Å². The molecule has 0 aliphatic heterocycles. The van der Waals surface area contributed by atoms with Gasteiger partial charge in [-0.15, -0.1) is 0 Å². The standard InChI is InChI=1S/C22H26O3/c1-14(2)18-12-20(25-21(24)17-8-6-5-7-9-17)22(13-18)15(3)10-19(23)11-16(22)4/h5-10,16,18,20H,1,11-13H2,2-4H3/t16?,18-,20-,22+/m1/s1. The number of allylic oxidation sites excluding steroid dienone is 2.